The number of nitrogens with one attached hydrogen (secondary N) is 1. The van der Waals surface area contributed by atoms with E-state index in [9.17, 15) is 17.6 Å². The molecule has 0 aliphatic rings. The zero-order chi connectivity index (χ0) is 13.6. The van der Waals surface area contributed by atoms with Gasteiger partial charge in [0.05, 0.1) is 12.3 Å². The van der Waals surface area contributed by atoms with Gasteiger partial charge in [-0.3, -0.25) is 0 Å². The van der Waals surface area contributed by atoms with Crippen LogP contribution in [0.2, 0.25) is 0 Å². The third-order valence-electron chi connectivity index (χ3n) is 2.00. The van der Waals surface area contributed by atoms with E-state index in [1.807, 2.05) is 0 Å². The van der Waals surface area contributed by atoms with Gasteiger partial charge in [-0.15, -0.1) is 0 Å². The topological polar surface area (TPSA) is 47.0 Å². The van der Waals surface area contributed by atoms with Gasteiger partial charge in [-0.2, -0.15) is 13.2 Å². The van der Waals surface area contributed by atoms with E-state index in [2.05, 4.69) is 20.0 Å². The Labute approximate surface area is 101 Å². The van der Waals surface area contributed by atoms with Crippen molar-refractivity contribution in [2.75, 3.05) is 25.1 Å². The zero-order valence-corrected chi connectivity index (χ0v) is 9.72. The van der Waals surface area contributed by atoms with E-state index >= 15 is 0 Å². The third kappa shape index (κ3) is 4.82. The summed E-state index contributed by atoms with van der Waals surface area (Å²) in [6.45, 7) is 0.264. The minimum Gasteiger partial charge on any atom is -0.370 e. The molecule has 0 fully saturated rings. The molecule has 0 saturated heterocycles. The van der Waals surface area contributed by atoms with Gasteiger partial charge in [-0.1, -0.05) is 6.92 Å². The molecule has 0 bridgehead atoms. The van der Waals surface area contributed by atoms with Gasteiger partial charge >= 0.3 is 6.18 Å². The fourth-order valence-corrected chi connectivity index (χ4v) is 1.21. The smallest absolute Gasteiger partial charge is 0.370 e. The first-order chi connectivity index (χ1) is 8.44. The Balaban J connectivity index is 2.36. The van der Waals surface area contributed by atoms with Gasteiger partial charge < -0.3 is 10.1 Å². The molecular weight excluding hydrogens is 254 g/mol. The van der Waals surface area contributed by atoms with Crippen LogP contribution in [-0.4, -0.2) is 35.9 Å². The van der Waals surface area contributed by atoms with Crippen LogP contribution in [0.4, 0.5) is 23.4 Å². The number of hydrogen-bond donors (Lipinski definition) is 1. The van der Waals surface area contributed by atoms with Crippen LogP contribution in [0.5, 0.6) is 0 Å². The zero-order valence-electron chi connectivity index (χ0n) is 9.72. The van der Waals surface area contributed by atoms with Crippen molar-refractivity contribution in [2.45, 2.75) is 19.5 Å². The van der Waals surface area contributed by atoms with Crippen LogP contribution in [-0.2, 0) is 11.2 Å². The first-order valence-corrected chi connectivity index (χ1v) is 5.31. The molecule has 1 aromatic heterocycles. The molecule has 0 amide bonds. The van der Waals surface area contributed by atoms with Crippen LogP contribution < -0.4 is 5.32 Å². The van der Waals surface area contributed by atoms with Gasteiger partial charge in [0, 0.05) is 6.54 Å². The SMILES string of the molecule is CCc1ncnc(NCCOCC(F)(F)F)c1F. The number of hydrogen-bond acceptors (Lipinski definition) is 4. The Bertz CT molecular complexity index is 384. The molecule has 102 valence electrons. The fraction of sp³-hybridized carbons (Fsp3) is 0.600. The summed E-state index contributed by atoms with van der Waals surface area (Å²) >= 11 is 0. The van der Waals surface area contributed by atoms with Crippen molar-refractivity contribution in [3.63, 3.8) is 0 Å². The van der Waals surface area contributed by atoms with Crippen molar-refractivity contribution in [1.29, 1.82) is 0 Å². The maximum atomic E-state index is 13.6. The van der Waals surface area contributed by atoms with Crippen molar-refractivity contribution in [1.82, 2.24) is 9.97 Å². The predicted molar refractivity (Wildman–Crippen MR) is 56.7 cm³/mol. The summed E-state index contributed by atoms with van der Waals surface area (Å²) in [6, 6.07) is 0. The lowest BCUT2D eigenvalue weighted by Gasteiger charge is -2.10. The molecule has 0 aliphatic carbocycles. The van der Waals surface area contributed by atoms with Crippen LogP contribution in [0.1, 0.15) is 12.6 Å². The minimum atomic E-state index is -4.35. The lowest BCUT2D eigenvalue weighted by atomic mass is 10.3. The summed E-state index contributed by atoms with van der Waals surface area (Å²) in [5.74, 6) is -0.617. The number of nitrogens with zero attached hydrogens (tertiary/aromatic N) is 2. The summed E-state index contributed by atoms with van der Waals surface area (Å²) in [7, 11) is 0. The normalized spacial score (nSPS) is 11.6. The van der Waals surface area contributed by atoms with Gasteiger partial charge in [0.25, 0.3) is 0 Å². The maximum Gasteiger partial charge on any atom is 0.411 e. The fourth-order valence-electron chi connectivity index (χ4n) is 1.21. The molecule has 1 heterocycles. The largest absolute Gasteiger partial charge is 0.411 e. The van der Waals surface area contributed by atoms with Crippen LogP contribution in [0.3, 0.4) is 0 Å². The molecule has 8 heteroatoms. The molecule has 0 spiro atoms. The van der Waals surface area contributed by atoms with Gasteiger partial charge in [0.2, 0.25) is 0 Å². The standard InChI is InChI=1S/C10H13F4N3O/c1-2-7-8(11)9(17-6-16-7)15-3-4-18-5-10(12,13)14/h6H,2-5H2,1H3,(H,15,16,17). The number of halogens is 4. The Morgan fingerprint density at radius 3 is 2.67 bits per heavy atom. The van der Waals surface area contributed by atoms with Crippen molar-refractivity contribution < 1.29 is 22.3 Å². The highest BCUT2D eigenvalue weighted by atomic mass is 19.4. The predicted octanol–water partition coefficient (Wildman–Crippen LogP) is 2.17. The van der Waals surface area contributed by atoms with Crippen LogP contribution in [0.15, 0.2) is 6.33 Å². The van der Waals surface area contributed by atoms with Gasteiger partial charge in [-0.25, -0.2) is 14.4 Å². The Morgan fingerprint density at radius 2 is 2.06 bits per heavy atom. The summed E-state index contributed by atoms with van der Waals surface area (Å²) in [5.41, 5.74) is 0.253. The van der Waals surface area contributed by atoms with E-state index < -0.39 is 18.6 Å². The first-order valence-electron chi connectivity index (χ1n) is 5.31. The van der Waals surface area contributed by atoms with Crippen LogP contribution >= 0.6 is 0 Å². The average Bonchev–Trinajstić information content (AvgIpc) is 2.29. The number of aromatic nitrogens is 2. The molecule has 18 heavy (non-hydrogen) atoms. The summed E-state index contributed by atoms with van der Waals surface area (Å²) in [5, 5.41) is 2.56. The monoisotopic (exact) mass is 267 g/mol. The highest BCUT2D eigenvalue weighted by Crippen LogP contribution is 2.15. The Hall–Kier alpha value is -1.44. The molecule has 0 radical (unpaired) electrons. The van der Waals surface area contributed by atoms with Crippen LogP contribution in [0.25, 0.3) is 0 Å². The van der Waals surface area contributed by atoms with E-state index in [-0.39, 0.29) is 24.7 Å². The van der Waals surface area contributed by atoms with Crippen molar-refractivity contribution in [3.8, 4) is 0 Å². The molecule has 1 rings (SSSR count). The Morgan fingerprint density at radius 1 is 1.33 bits per heavy atom. The van der Waals surface area contributed by atoms with Gasteiger partial charge in [0.1, 0.15) is 12.9 Å². The molecule has 4 nitrogen and oxygen atoms in total. The molecule has 0 atom stereocenters. The van der Waals surface area contributed by atoms with E-state index in [1.54, 1.807) is 6.92 Å². The number of alkyl halides is 3. The lowest BCUT2D eigenvalue weighted by Crippen LogP contribution is -2.20. The molecular formula is C10H13F4N3O. The summed E-state index contributed by atoms with van der Waals surface area (Å²) in [4.78, 5) is 7.39. The lowest BCUT2D eigenvalue weighted by molar-refractivity contribution is -0.172. The van der Waals surface area contributed by atoms with Crippen LogP contribution in [0, 0.1) is 5.82 Å². The molecule has 1 N–H and O–H groups in total. The van der Waals surface area contributed by atoms with E-state index in [0.717, 1.165) is 0 Å². The van der Waals surface area contributed by atoms with E-state index in [1.165, 1.54) is 6.33 Å². The molecule has 0 aliphatic heterocycles. The van der Waals surface area contributed by atoms with Crippen molar-refractivity contribution in [2.24, 2.45) is 0 Å². The minimum absolute atomic E-state index is 0.0301. The van der Waals surface area contributed by atoms with Crippen molar-refractivity contribution >= 4 is 5.82 Å². The summed E-state index contributed by atoms with van der Waals surface area (Å²) < 4.78 is 53.2. The highest BCUT2D eigenvalue weighted by Gasteiger charge is 2.27. The second-order valence-electron chi connectivity index (χ2n) is 3.43. The number of anilines is 1. The third-order valence-corrected chi connectivity index (χ3v) is 2.00. The van der Waals surface area contributed by atoms with Gasteiger partial charge in [-0.05, 0) is 6.42 Å². The van der Waals surface area contributed by atoms with E-state index in [0.29, 0.717) is 6.42 Å². The van der Waals surface area contributed by atoms with Gasteiger partial charge in [0.15, 0.2) is 11.6 Å². The highest BCUT2D eigenvalue weighted by molar-refractivity contribution is 5.37. The van der Waals surface area contributed by atoms with E-state index in [4.69, 9.17) is 0 Å². The second kappa shape index (κ2) is 6.48. The molecule has 0 saturated carbocycles. The number of ether oxygens (including phenoxy) is 1. The average molecular weight is 267 g/mol. The molecule has 0 aromatic carbocycles. The second-order valence-corrected chi connectivity index (χ2v) is 3.43. The number of aryl methyl sites for hydroxylation is 1. The summed E-state index contributed by atoms with van der Waals surface area (Å²) in [6.07, 6.45) is -2.75. The first kappa shape index (κ1) is 14.6. The van der Waals surface area contributed by atoms with Crippen molar-refractivity contribution in [3.05, 3.63) is 17.8 Å². The number of rotatable bonds is 6. The molecule has 1 aromatic rings. The Kier molecular flexibility index (Phi) is 5.26. The quantitative estimate of drug-likeness (QED) is 0.634. The maximum absolute atomic E-state index is 13.6. The molecule has 0 unspecified atom stereocenters.